The first-order chi connectivity index (χ1) is 6.68. The van der Waals surface area contributed by atoms with Gasteiger partial charge in [-0.15, -0.1) is 0 Å². The van der Waals surface area contributed by atoms with Gasteiger partial charge in [-0.25, -0.2) is 8.78 Å². The molecule has 0 N–H and O–H groups in total. The third kappa shape index (κ3) is 1.53. The molecule has 1 aromatic carbocycles. The summed E-state index contributed by atoms with van der Waals surface area (Å²) in [6.45, 7) is 0.192. The molecule has 14 heavy (non-hydrogen) atoms. The maximum atomic E-state index is 13.2. The number of hydrogen-bond donors (Lipinski definition) is 0. The fraction of sp³-hybridized carbons (Fsp3) is 0.300. The Hall–Kier alpha value is -1.29. The number of rotatable bonds is 0. The summed E-state index contributed by atoms with van der Waals surface area (Å²) >= 11 is 0. The van der Waals surface area contributed by atoms with E-state index >= 15 is 0 Å². The van der Waals surface area contributed by atoms with Crippen LogP contribution in [0.2, 0.25) is 0 Å². The number of ether oxygens (including phenoxy) is 1. The molecule has 2 rings (SSSR count). The average molecular weight is 198 g/mol. The van der Waals surface area contributed by atoms with Crippen molar-refractivity contribution in [2.75, 3.05) is 13.2 Å². The Morgan fingerprint density at radius 3 is 2.86 bits per heavy atom. The number of Topliss-reactive ketones (excluding diaryl/α,β-unsaturated/α-hetero) is 1. The first-order valence-corrected chi connectivity index (χ1v) is 4.27. The minimum atomic E-state index is -0.725. The van der Waals surface area contributed by atoms with Crippen molar-refractivity contribution in [2.24, 2.45) is 0 Å². The number of fused-ring (bicyclic) bond motifs is 1. The molecule has 0 bridgehead atoms. The predicted octanol–water partition coefficient (Wildman–Crippen LogP) is 1.72. The summed E-state index contributed by atoms with van der Waals surface area (Å²) < 4.78 is 31.0. The number of hydrogen-bond acceptors (Lipinski definition) is 2. The van der Waals surface area contributed by atoms with Gasteiger partial charge in [-0.1, -0.05) is 0 Å². The third-order valence-corrected chi connectivity index (χ3v) is 2.19. The number of ketones is 1. The SMILES string of the molecule is O=C1COCCc2c(F)cc(F)cc21. The molecule has 0 saturated carbocycles. The molecule has 1 heterocycles. The molecule has 0 radical (unpaired) electrons. The molecule has 1 aliphatic rings. The van der Waals surface area contributed by atoms with Crippen LogP contribution in [0.25, 0.3) is 0 Å². The Morgan fingerprint density at radius 2 is 2.07 bits per heavy atom. The van der Waals surface area contributed by atoms with Gasteiger partial charge in [0.1, 0.15) is 18.2 Å². The van der Waals surface area contributed by atoms with Crippen LogP contribution in [0.5, 0.6) is 0 Å². The largest absolute Gasteiger partial charge is 0.373 e. The molecule has 0 unspecified atom stereocenters. The molecule has 0 atom stereocenters. The van der Waals surface area contributed by atoms with Gasteiger partial charge in [-0.2, -0.15) is 0 Å². The number of carbonyl (C=O) groups is 1. The van der Waals surface area contributed by atoms with Gasteiger partial charge in [0.15, 0.2) is 5.78 Å². The molecule has 1 aliphatic heterocycles. The fourth-order valence-corrected chi connectivity index (χ4v) is 1.52. The van der Waals surface area contributed by atoms with Crippen LogP contribution in [0.15, 0.2) is 12.1 Å². The Kier molecular flexibility index (Phi) is 2.29. The van der Waals surface area contributed by atoms with Crippen molar-refractivity contribution in [3.63, 3.8) is 0 Å². The zero-order valence-corrected chi connectivity index (χ0v) is 7.35. The highest BCUT2D eigenvalue weighted by molar-refractivity contribution is 5.98. The van der Waals surface area contributed by atoms with Gasteiger partial charge in [0.25, 0.3) is 0 Å². The van der Waals surface area contributed by atoms with Crippen LogP contribution in [-0.2, 0) is 11.2 Å². The van der Waals surface area contributed by atoms with Crippen molar-refractivity contribution >= 4 is 5.78 Å². The van der Waals surface area contributed by atoms with Gasteiger partial charge in [0.05, 0.1) is 6.61 Å². The Morgan fingerprint density at radius 1 is 1.29 bits per heavy atom. The second-order valence-corrected chi connectivity index (χ2v) is 3.14. The summed E-state index contributed by atoms with van der Waals surface area (Å²) in [7, 11) is 0. The smallest absolute Gasteiger partial charge is 0.188 e. The Bertz CT molecular complexity index is 388. The molecule has 2 nitrogen and oxygen atoms in total. The highest BCUT2D eigenvalue weighted by atomic mass is 19.1. The molecule has 74 valence electrons. The average Bonchev–Trinajstić information content (AvgIpc) is 2.29. The molecule has 0 amide bonds. The van der Waals surface area contributed by atoms with E-state index in [4.69, 9.17) is 4.74 Å². The summed E-state index contributed by atoms with van der Waals surface area (Å²) in [6, 6.07) is 1.85. The van der Waals surface area contributed by atoms with Crippen LogP contribution in [0.1, 0.15) is 15.9 Å². The molecular formula is C10H8F2O2. The standard InChI is InChI=1S/C10H8F2O2/c11-6-3-8-7(9(12)4-6)1-2-14-5-10(8)13/h3-4H,1-2,5H2. The normalized spacial score (nSPS) is 16.3. The molecule has 0 spiro atoms. The van der Waals surface area contributed by atoms with Gasteiger partial charge in [0.2, 0.25) is 0 Å². The minimum Gasteiger partial charge on any atom is -0.373 e. The van der Waals surface area contributed by atoms with Crippen molar-refractivity contribution < 1.29 is 18.3 Å². The molecule has 0 aliphatic carbocycles. The van der Waals surface area contributed by atoms with Gasteiger partial charge < -0.3 is 4.74 Å². The van der Waals surface area contributed by atoms with Gasteiger partial charge in [0, 0.05) is 17.2 Å². The van der Waals surface area contributed by atoms with Crippen molar-refractivity contribution in [1.29, 1.82) is 0 Å². The van der Waals surface area contributed by atoms with Crippen LogP contribution < -0.4 is 0 Å². The van der Waals surface area contributed by atoms with Crippen molar-refractivity contribution in [2.45, 2.75) is 6.42 Å². The summed E-state index contributed by atoms with van der Waals surface area (Å²) in [5, 5.41) is 0. The van der Waals surface area contributed by atoms with Gasteiger partial charge in [-0.05, 0) is 12.5 Å². The topological polar surface area (TPSA) is 26.3 Å². The van der Waals surface area contributed by atoms with Crippen LogP contribution in [0.4, 0.5) is 8.78 Å². The van der Waals surface area contributed by atoms with E-state index < -0.39 is 11.6 Å². The third-order valence-electron chi connectivity index (χ3n) is 2.19. The van der Waals surface area contributed by atoms with Crippen molar-refractivity contribution in [3.05, 3.63) is 34.9 Å². The first kappa shape index (κ1) is 9.27. The molecule has 4 heteroatoms. The Labute approximate surface area is 79.5 Å². The van der Waals surface area contributed by atoms with Crippen LogP contribution in [0, 0.1) is 11.6 Å². The second kappa shape index (κ2) is 3.46. The molecule has 0 fully saturated rings. The van der Waals surface area contributed by atoms with Crippen LogP contribution >= 0.6 is 0 Å². The van der Waals surface area contributed by atoms with E-state index in [0.717, 1.165) is 12.1 Å². The zero-order chi connectivity index (χ0) is 10.1. The van der Waals surface area contributed by atoms with E-state index in [9.17, 15) is 13.6 Å². The quantitative estimate of drug-likeness (QED) is 0.634. The van der Waals surface area contributed by atoms with E-state index in [2.05, 4.69) is 0 Å². The lowest BCUT2D eigenvalue weighted by Crippen LogP contribution is -2.08. The highest BCUT2D eigenvalue weighted by Crippen LogP contribution is 2.19. The predicted molar refractivity (Wildman–Crippen MR) is 45.2 cm³/mol. The highest BCUT2D eigenvalue weighted by Gasteiger charge is 2.20. The molecular weight excluding hydrogens is 190 g/mol. The lowest BCUT2D eigenvalue weighted by atomic mass is 10.0. The monoisotopic (exact) mass is 198 g/mol. The first-order valence-electron chi connectivity index (χ1n) is 4.27. The number of halogens is 2. The van der Waals surface area contributed by atoms with Crippen LogP contribution in [0.3, 0.4) is 0 Å². The van der Waals surface area contributed by atoms with E-state index in [-0.39, 0.29) is 23.5 Å². The molecule has 0 saturated heterocycles. The summed E-state index contributed by atoms with van der Waals surface area (Å²) in [4.78, 5) is 11.4. The van der Waals surface area contributed by atoms with E-state index in [1.165, 1.54) is 0 Å². The van der Waals surface area contributed by atoms with E-state index in [1.54, 1.807) is 0 Å². The maximum Gasteiger partial charge on any atom is 0.188 e. The van der Waals surface area contributed by atoms with Crippen molar-refractivity contribution in [1.82, 2.24) is 0 Å². The number of carbonyl (C=O) groups excluding carboxylic acids is 1. The summed E-state index contributed by atoms with van der Waals surface area (Å²) in [5.41, 5.74) is 0.369. The Balaban J connectivity index is 2.58. The maximum absolute atomic E-state index is 13.2. The molecule has 1 aromatic rings. The van der Waals surface area contributed by atoms with E-state index in [1.807, 2.05) is 0 Å². The number of benzene rings is 1. The van der Waals surface area contributed by atoms with Gasteiger partial charge >= 0.3 is 0 Å². The van der Waals surface area contributed by atoms with E-state index in [0.29, 0.717) is 13.0 Å². The second-order valence-electron chi connectivity index (χ2n) is 3.14. The summed E-state index contributed by atoms with van der Waals surface area (Å²) in [6.07, 6.45) is 0.313. The molecule has 0 aromatic heterocycles. The van der Waals surface area contributed by atoms with Gasteiger partial charge in [-0.3, -0.25) is 4.79 Å². The van der Waals surface area contributed by atoms with Crippen LogP contribution in [-0.4, -0.2) is 19.0 Å². The zero-order valence-electron chi connectivity index (χ0n) is 7.35. The summed E-state index contributed by atoms with van der Waals surface area (Å²) in [5.74, 6) is -1.76. The minimum absolute atomic E-state index is 0.101. The van der Waals surface area contributed by atoms with Crippen molar-refractivity contribution in [3.8, 4) is 0 Å². The fourth-order valence-electron chi connectivity index (χ4n) is 1.52. The lowest BCUT2D eigenvalue weighted by Gasteiger charge is -2.04. The lowest BCUT2D eigenvalue weighted by molar-refractivity contribution is 0.0788.